The molecule has 2 aromatic rings. The summed E-state index contributed by atoms with van der Waals surface area (Å²) in [6.45, 7) is 1.81. The van der Waals surface area contributed by atoms with Crippen molar-refractivity contribution in [3.8, 4) is 5.75 Å². The van der Waals surface area contributed by atoms with Crippen molar-refractivity contribution in [1.29, 1.82) is 0 Å². The van der Waals surface area contributed by atoms with E-state index in [0.717, 1.165) is 24.0 Å². The summed E-state index contributed by atoms with van der Waals surface area (Å²) in [5, 5.41) is 2.89. The molecule has 0 saturated heterocycles. The van der Waals surface area contributed by atoms with E-state index in [-0.39, 0.29) is 29.0 Å². The summed E-state index contributed by atoms with van der Waals surface area (Å²) >= 11 is 0. The van der Waals surface area contributed by atoms with Crippen LogP contribution in [0.25, 0.3) is 0 Å². The van der Waals surface area contributed by atoms with Crippen LogP contribution in [0.5, 0.6) is 5.75 Å². The van der Waals surface area contributed by atoms with Gasteiger partial charge in [-0.25, -0.2) is 8.42 Å². The molecule has 1 fully saturated rings. The topological polar surface area (TPSA) is 84.5 Å². The van der Waals surface area contributed by atoms with Crippen molar-refractivity contribution in [1.82, 2.24) is 10.0 Å². The molecular weight excluding hydrogens is 364 g/mol. The number of sulfonamides is 1. The van der Waals surface area contributed by atoms with E-state index < -0.39 is 16.1 Å². The van der Waals surface area contributed by atoms with E-state index in [1.165, 1.54) is 7.11 Å². The molecule has 1 atom stereocenters. The van der Waals surface area contributed by atoms with E-state index in [0.29, 0.717) is 0 Å². The lowest BCUT2D eigenvalue weighted by Gasteiger charge is -2.20. The Morgan fingerprint density at radius 1 is 1.19 bits per heavy atom. The van der Waals surface area contributed by atoms with Gasteiger partial charge in [-0.1, -0.05) is 36.4 Å². The van der Waals surface area contributed by atoms with E-state index in [4.69, 9.17) is 4.74 Å². The molecule has 1 aliphatic rings. The van der Waals surface area contributed by atoms with Gasteiger partial charge in [-0.2, -0.15) is 4.72 Å². The summed E-state index contributed by atoms with van der Waals surface area (Å²) in [5.41, 5.74) is 1.67. The van der Waals surface area contributed by atoms with E-state index in [1.807, 2.05) is 30.3 Å². The van der Waals surface area contributed by atoms with Crippen LogP contribution in [0.2, 0.25) is 0 Å². The van der Waals surface area contributed by atoms with Gasteiger partial charge in [0.15, 0.2) is 0 Å². The van der Waals surface area contributed by atoms with Crippen molar-refractivity contribution >= 4 is 15.9 Å². The smallest absolute Gasteiger partial charge is 0.244 e. The lowest BCUT2D eigenvalue weighted by molar-refractivity contribution is -0.122. The number of hydrogen-bond donors (Lipinski definition) is 2. The predicted molar refractivity (Wildman–Crippen MR) is 103 cm³/mol. The van der Waals surface area contributed by atoms with Gasteiger partial charge >= 0.3 is 0 Å². The number of rotatable bonds is 8. The van der Waals surface area contributed by atoms with Crippen molar-refractivity contribution in [2.24, 2.45) is 0 Å². The highest BCUT2D eigenvalue weighted by Crippen LogP contribution is 2.25. The number of methoxy groups -OCH3 is 1. The Morgan fingerprint density at radius 3 is 2.52 bits per heavy atom. The van der Waals surface area contributed by atoms with Crippen molar-refractivity contribution in [2.45, 2.75) is 43.2 Å². The lowest BCUT2D eigenvalue weighted by atomic mass is 10.1. The fraction of sp³-hybridized carbons (Fsp3) is 0.350. The normalized spacial score (nSPS) is 15.2. The second-order valence-electron chi connectivity index (χ2n) is 6.80. The van der Waals surface area contributed by atoms with Crippen LogP contribution in [-0.4, -0.2) is 33.5 Å². The summed E-state index contributed by atoms with van der Waals surface area (Å²) < 4.78 is 33.8. The zero-order valence-electron chi connectivity index (χ0n) is 15.4. The Kier molecular flexibility index (Phi) is 5.82. The maximum Gasteiger partial charge on any atom is 0.244 e. The molecule has 0 spiro atoms. The third-order valence-electron chi connectivity index (χ3n) is 4.43. The highest BCUT2D eigenvalue weighted by atomic mass is 32.2. The molecule has 1 saturated carbocycles. The number of carbonyl (C=O) groups excluding carboxylic acids is 1. The van der Waals surface area contributed by atoms with Crippen molar-refractivity contribution in [2.75, 3.05) is 7.11 Å². The number of aryl methyl sites for hydroxylation is 1. The van der Waals surface area contributed by atoms with Gasteiger partial charge in [0, 0.05) is 6.04 Å². The van der Waals surface area contributed by atoms with Gasteiger partial charge in [0.2, 0.25) is 15.9 Å². The Bertz CT molecular complexity index is 909. The predicted octanol–water partition coefficient (Wildman–Crippen LogP) is 2.17. The first-order valence-electron chi connectivity index (χ1n) is 8.90. The molecule has 0 bridgehead atoms. The Hall–Kier alpha value is -2.38. The number of hydrogen-bond acceptors (Lipinski definition) is 4. The van der Waals surface area contributed by atoms with Crippen LogP contribution in [0.3, 0.4) is 0 Å². The highest BCUT2D eigenvalue weighted by Gasteiger charge is 2.31. The van der Waals surface area contributed by atoms with Crippen LogP contribution in [0.15, 0.2) is 53.4 Å². The zero-order chi connectivity index (χ0) is 19.4. The van der Waals surface area contributed by atoms with E-state index in [2.05, 4.69) is 10.0 Å². The lowest BCUT2D eigenvalue weighted by Crippen LogP contribution is -2.48. The average Bonchev–Trinajstić information content (AvgIpc) is 3.46. The Labute approximate surface area is 160 Å². The molecular formula is C20H24N2O4S. The summed E-state index contributed by atoms with van der Waals surface area (Å²) in [5.74, 6) is -0.0642. The van der Waals surface area contributed by atoms with Gasteiger partial charge in [-0.15, -0.1) is 0 Å². The molecule has 1 amide bonds. The van der Waals surface area contributed by atoms with Crippen LogP contribution in [0, 0.1) is 6.92 Å². The number of amides is 1. The molecule has 0 heterocycles. The fourth-order valence-corrected chi connectivity index (χ4v) is 4.26. The molecule has 1 aliphatic carbocycles. The van der Waals surface area contributed by atoms with Gasteiger partial charge in [0.25, 0.3) is 0 Å². The van der Waals surface area contributed by atoms with Gasteiger partial charge in [-0.05, 0) is 49.4 Å². The van der Waals surface area contributed by atoms with E-state index in [1.54, 1.807) is 25.1 Å². The first-order valence-corrected chi connectivity index (χ1v) is 10.4. The van der Waals surface area contributed by atoms with Crippen molar-refractivity contribution < 1.29 is 17.9 Å². The number of nitrogens with one attached hydrogen (secondary N) is 2. The van der Waals surface area contributed by atoms with Crippen LogP contribution in [-0.2, 0) is 21.2 Å². The minimum atomic E-state index is -3.94. The minimum absolute atomic E-state index is 0.0299. The molecule has 144 valence electrons. The van der Waals surface area contributed by atoms with Gasteiger partial charge < -0.3 is 10.1 Å². The summed E-state index contributed by atoms with van der Waals surface area (Å²) in [6.07, 6.45) is 2.14. The Balaban J connectivity index is 1.87. The maximum absolute atomic E-state index is 13.0. The molecule has 27 heavy (non-hydrogen) atoms. The largest absolute Gasteiger partial charge is 0.495 e. The van der Waals surface area contributed by atoms with Crippen LogP contribution < -0.4 is 14.8 Å². The molecule has 6 nitrogen and oxygen atoms in total. The van der Waals surface area contributed by atoms with Crippen LogP contribution in [0.4, 0.5) is 0 Å². The molecule has 7 heteroatoms. The highest BCUT2D eigenvalue weighted by molar-refractivity contribution is 7.89. The Morgan fingerprint density at radius 2 is 1.89 bits per heavy atom. The van der Waals surface area contributed by atoms with Gasteiger partial charge in [0.05, 0.1) is 7.11 Å². The minimum Gasteiger partial charge on any atom is -0.495 e. The molecule has 2 N–H and O–H groups in total. The van der Waals surface area contributed by atoms with E-state index in [9.17, 15) is 13.2 Å². The van der Waals surface area contributed by atoms with Crippen molar-refractivity contribution in [3.05, 3.63) is 59.7 Å². The molecule has 3 rings (SSSR count). The fourth-order valence-electron chi connectivity index (χ4n) is 2.81. The third-order valence-corrected chi connectivity index (χ3v) is 5.92. The molecule has 0 aliphatic heterocycles. The molecule has 0 radical (unpaired) electrons. The zero-order valence-corrected chi connectivity index (χ0v) is 16.3. The first-order chi connectivity index (χ1) is 12.9. The van der Waals surface area contributed by atoms with Crippen LogP contribution in [0.1, 0.15) is 24.0 Å². The quantitative estimate of drug-likeness (QED) is 0.726. The standard InChI is InChI=1S/C20H24N2O4S/c1-14-8-11-18(26-2)19(12-14)27(24,25)22-17(20(23)21-16-9-10-16)13-15-6-4-3-5-7-15/h3-8,11-12,16-17,22H,9-10,13H2,1-2H3,(H,21,23)/t17-/m0/s1. The second kappa shape index (κ2) is 8.10. The first kappa shape index (κ1) is 19.4. The molecule has 2 aromatic carbocycles. The number of ether oxygens (including phenoxy) is 1. The maximum atomic E-state index is 13.0. The van der Waals surface area contributed by atoms with Crippen LogP contribution >= 0.6 is 0 Å². The second-order valence-corrected chi connectivity index (χ2v) is 8.48. The van der Waals surface area contributed by atoms with Gasteiger partial charge in [0.1, 0.15) is 16.7 Å². The van der Waals surface area contributed by atoms with Gasteiger partial charge in [-0.3, -0.25) is 4.79 Å². The monoisotopic (exact) mass is 388 g/mol. The molecule has 0 aromatic heterocycles. The van der Waals surface area contributed by atoms with E-state index >= 15 is 0 Å². The summed E-state index contributed by atoms with van der Waals surface area (Å²) in [6, 6.07) is 13.5. The van der Waals surface area contributed by atoms with Crippen molar-refractivity contribution in [3.63, 3.8) is 0 Å². The summed E-state index contributed by atoms with van der Waals surface area (Å²) in [4.78, 5) is 12.7. The number of benzene rings is 2. The third kappa shape index (κ3) is 5.08. The SMILES string of the molecule is COc1ccc(C)cc1S(=O)(=O)N[C@@H](Cc1ccccc1)C(=O)NC1CC1. The summed E-state index contributed by atoms with van der Waals surface area (Å²) in [7, 11) is -2.52. The molecule has 0 unspecified atom stereocenters. The average molecular weight is 388 g/mol. The number of carbonyl (C=O) groups is 1.